The first kappa shape index (κ1) is 15.0. The van der Waals surface area contributed by atoms with Crippen LogP contribution in [0.5, 0.6) is 0 Å². The van der Waals surface area contributed by atoms with Gasteiger partial charge in [0.1, 0.15) is 5.82 Å². The number of ether oxygens (including phenoxy) is 1. The molecule has 4 rings (SSSR count). The number of hydrogen-bond donors (Lipinski definition) is 0. The number of urea groups is 1. The minimum Gasteiger partial charge on any atom is -0.379 e. The lowest BCUT2D eigenvalue weighted by Crippen LogP contribution is -2.45. The highest BCUT2D eigenvalue weighted by Crippen LogP contribution is 2.18. The summed E-state index contributed by atoms with van der Waals surface area (Å²) in [6, 6.07) is 0.187. The van der Waals surface area contributed by atoms with Crippen molar-refractivity contribution in [1.82, 2.24) is 24.3 Å². The molecule has 0 bridgehead atoms. The van der Waals surface area contributed by atoms with Crippen molar-refractivity contribution < 1.29 is 9.53 Å². The van der Waals surface area contributed by atoms with E-state index in [2.05, 4.69) is 15.7 Å². The first-order valence-corrected chi connectivity index (χ1v) is 8.68. The summed E-state index contributed by atoms with van der Waals surface area (Å²) in [5.41, 5.74) is 1.11. The molecule has 2 fully saturated rings. The Morgan fingerprint density at radius 2 is 1.83 bits per heavy atom. The second-order valence-electron chi connectivity index (χ2n) is 6.63. The monoisotopic (exact) mass is 319 g/mol. The van der Waals surface area contributed by atoms with Crippen molar-refractivity contribution in [2.24, 2.45) is 0 Å². The van der Waals surface area contributed by atoms with E-state index in [1.165, 1.54) is 0 Å². The Balaban J connectivity index is 1.40. The third kappa shape index (κ3) is 3.21. The van der Waals surface area contributed by atoms with Gasteiger partial charge in [0.2, 0.25) is 0 Å². The zero-order valence-corrected chi connectivity index (χ0v) is 13.6. The number of morpholine rings is 1. The zero-order valence-electron chi connectivity index (χ0n) is 13.6. The maximum absolute atomic E-state index is 12.5. The molecule has 0 saturated carbocycles. The second-order valence-corrected chi connectivity index (χ2v) is 6.63. The summed E-state index contributed by atoms with van der Waals surface area (Å²) >= 11 is 0. The third-order valence-electron chi connectivity index (χ3n) is 4.99. The molecular formula is C16H25N5O2. The van der Waals surface area contributed by atoms with Gasteiger partial charge in [-0.1, -0.05) is 0 Å². The number of likely N-dealkylation sites (tertiary alicyclic amines) is 1. The molecule has 0 radical (unpaired) electrons. The lowest BCUT2D eigenvalue weighted by molar-refractivity contribution is 0.0337. The molecule has 1 aromatic rings. The summed E-state index contributed by atoms with van der Waals surface area (Å²) in [5, 5.41) is 0. The lowest BCUT2D eigenvalue weighted by Gasteiger charge is -2.31. The van der Waals surface area contributed by atoms with E-state index in [-0.39, 0.29) is 6.03 Å². The van der Waals surface area contributed by atoms with Gasteiger partial charge in [-0.2, -0.15) is 0 Å². The molecular weight excluding hydrogens is 294 g/mol. The first-order valence-electron chi connectivity index (χ1n) is 8.68. The first-order chi connectivity index (χ1) is 11.3. The fourth-order valence-corrected chi connectivity index (χ4v) is 3.65. The number of amides is 2. The molecule has 23 heavy (non-hydrogen) atoms. The summed E-state index contributed by atoms with van der Waals surface area (Å²) in [5.74, 6) is 1.02. The molecule has 1 aromatic heterocycles. The normalized spacial score (nSPS) is 22.4. The van der Waals surface area contributed by atoms with Gasteiger partial charge in [0.25, 0.3) is 0 Å². The number of imidazole rings is 1. The minimum absolute atomic E-state index is 0.187. The topological polar surface area (TPSA) is 53.8 Å². The van der Waals surface area contributed by atoms with Gasteiger partial charge in [0.15, 0.2) is 0 Å². The number of rotatable bonds is 2. The van der Waals surface area contributed by atoms with Crippen LogP contribution in [0, 0.1) is 0 Å². The van der Waals surface area contributed by atoms with E-state index in [4.69, 9.17) is 9.72 Å². The molecule has 4 heterocycles. The van der Waals surface area contributed by atoms with Gasteiger partial charge in [0.05, 0.1) is 25.5 Å². The fourth-order valence-electron chi connectivity index (χ4n) is 3.65. The van der Waals surface area contributed by atoms with Crippen molar-refractivity contribution in [1.29, 1.82) is 0 Å². The lowest BCUT2D eigenvalue weighted by atomic mass is 10.3. The molecule has 0 unspecified atom stereocenters. The highest BCUT2D eigenvalue weighted by atomic mass is 16.5. The zero-order chi connectivity index (χ0) is 15.6. The Kier molecular flexibility index (Phi) is 4.22. The third-order valence-corrected chi connectivity index (χ3v) is 4.99. The van der Waals surface area contributed by atoms with Crippen molar-refractivity contribution >= 4 is 6.03 Å². The fraction of sp³-hybridized carbons (Fsp3) is 0.750. The summed E-state index contributed by atoms with van der Waals surface area (Å²) in [6.07, 6.45) is 4.43. The molecule has 0 N–H and O–H groups in total. The van der Waals surface area contributed by atoms with Crippen LogP contribution in [-0.2, 0) is 24.4 Å². The van der Waals surface area contributed by atoms with Gasteiger partial charge in [-0.25, -0.2) is 9.78 Å². The maximum Gasteiger partial charge on any atom is 0.320 e. The molecule has 2 amide bonds. The molecule has 0 aliphatic carbocycles. The summed E-state index contributed by atoms with van der Waals surface area (Å²) < 4.78 is 7.60. The molecule has 3 aliphatic heterocycles. The predicted molar refractivity (Wildman–Crippen MR) is 84.9 cm³/mol. The van der Waals surface area contributed by atoms with Crippen LogP contribution in [0.4, 0.5) is 4.79 Å². The quantitative estimate of drug-likeness (QED) is 0.807. The molecule has 0 aromatic carbocycles. The summed E-state index contributed by atoms with van der Waals surface area (Å²) in [4.78, 5) is 23.6. The van der Waals surface area contributed by atoms with Gasteiger partial charge < -0.3 is 19.1 Å². The Morgan fingerprint density at radius 1 is 1.04 bits per heavy atom. The van der Waals surface area contributed by atoms with Crippen LogP contribution < -0.4 is 0 Å². The van der Waals surface area contributed by atoms with Crippen LogP contribution in [0.3, 0.4) is 0 Å². The van der Waals surface area contributed by atoms with E-state index < -0.39 is 0 Å². The summed E-state index contributed by atoms with van der Waals surface area (Å²) in [7, 11) is 0. The van der Waals surface area contributed by atoms with E-state index in [0.29, 0.717) is 6.54 Å². The van der Waals surface area contributed by atoms with Crippen molar-refractivity contribution in [3.05, 3.63) is 17.7 Å². The van der Waals surface area contributed by atoms with Crippen molar-refractivity contribution in [3.63, 3.8) is 0 Å². The Bertz CT molecular complexity index is 561. The molecule has 3 aliphatic rings. The molecule has 2 saturated heterocycles. The Hall–Kier alpha value is -1.60. The average Bonchev–Trinajstić information content (AvgIpc) is 3.23. The van der Waals surface area contributed by atoms with E-state index in [9.17, 15) is 4.79 Å². The number of carbonyl (C=O) groups is 1. The number of hydrogen-bond acceptors (Lipinski definition) is 4. The largest absolute Gasteiger partial charge is 0.379 e. The molecule has 0 atom stereocenters. The Labute approximate surface area is 136 Å². The van der Waals surface area contributed by atoms with Gasteiger partial charge in [0, 0.05) is 52.0 Å². The molecule has 7 heteroatoms. The number of carbonyl (C=O) groups excluding carboxylic acids is 1. The van der Waals surface area contributed by atoms with Crippen LogP contribution in [0.2, 0.25) is 0 Å². The minimum atomic E-state index is 0.187. The van der Waals surface area contributed by atoms with E-state index in [1.54, 1.807) is 0 Å². The number of aromatic nitrogens is 2. The number of fused-ring (bicyclic) bond motifs is 1. The Morgan fingerprint density at radius 3 is 2.61 bits per heavy atom. The van der Waals surface area contributed by atoms with Crippen LogP contribution in [0.1, 0.15) is 24.4 Å². The van der Waals surface area contributed by atoms with Crippen LogP contribution >= 0.6 is 0 Å². The second kappa shape index (κ2) is 6.49. The van der Waals surface area contributed by atoms with Crippen LogP contribution in [0.15, 0.2) is 6.20 Å². The standard InChI is InChI=1S/C16H25N5O2/c22-16(19-3-1-2-4-19)21-6-5-20-12-14(17-15(20)13-21)11-18-7-9-23-10-8-18/h12H,1-11,13H2. The highest BCUT2D eigenvalue weighted by molar-refractivity contribution is 5.74. The van der Waals surface area contributed by atoms with Gasteiger partial charge in [-0.15, -0.1) is 0 Å². The highest BCUT2D eigenvalue weighted by Gasteiger charge is 2.28. The van der Waals surface area contributed by atoms with Crippen LogP contribution in [-0.4, -0.2) is 76.2 Å². The van der Waals surface area contributed by atoms with Crippen LogP contribution in [0.25, 0.3) is 0 Å². The van der Waals surface area contributed by atoms with Crippen molar-refractivity contribution in [2.45, 2.75) is 32.5 Å². The molecule has 126 valence electrons. The number of nitrogens with zero attached hydrogens (tertiary/aromatic N) is 5. The van der Waals surface area contributed by atoms with Gasteiger partial charge in [-0.05, 0) is 12.8 Å². The van der Waals surface area contributed by atoms with Gasteiger partial charge in [-0.3, -0.25) is 4.90 Å². The van der Waals surface area contributed by atoms with E-state index in [1.807, 2.05) is 9.80 Å². The average molecular weight is 319 g/mol. The summed E-state index contributed by atoms with van der Waals surface area (Å²) in [6.45, 7) is 8.54. The van der Waals surface area contributed by atoms with Crippen molar-refractivity contribution in [2.75, 3.05) is 45.9 Å². The maximum atomic E-state index is 12.5. The smallest absolute Gasteiger partial charge is 0.320 e. The van der Waals surface area contributed by atoms with E-state index in [0.717, 1.165) is 83.4 Å². The molecule has 0 spiro atoms. The predicted octanol–water partition coefficient (Wildman–Crippen LogP) is 0.747. The van der Waals surface area contributed by atoms with E-state index >= 15 is 0 Å². The SMILES string of the molecule is O=C(N1CCCC1)N1CCn2cc(CN3CCOCC3)nc2C1. The van der Waals surface area contributed by atoms with Gasteiger partial charge >= 0.3 is 6.03 Å². The van der Waals surface area contributed by atoms with Crippen molar-refractivity contribution in [3.8, 4) is 0 Å². The molecule has 7 nitrogen and oxygen atoms in total.